The van der Waals surface area contributed by atoms with E-state index in [9.17, 15) is 4.57 Å². The van der Waals surface area contributed by atoms with Crippen molar-refractivity contribution in [3.8, 4) is 0 Å². The topological polar surface area (TPSA) is 35.5 Å². The second-order valence-electron chi connectivity index (χ2n) is 8.06. The molecule has 0 radical (unpaired) electrons. The lowest BCUT2D eigenvalue weighted by Crippen LogP contribution is -2.08. The summed E-state index contributed by atoms with van der Waals surface area (Å²) in [6, 6.07) is 0. The van der Waals surface area contributed by atoms with Crippen LogP contribution in [0.15, 0.2) is 0 Å². The lowest BCUT2D eigenvalue weighted by Gasteiger charge is -2.11. The molecular weight excluding hydrogens is 367 g/mol. The Morgan fingerprint density at radius 1 is 0.571 bits per heavy atom. The molecule has 0 aromatic carbocycles. The molecule has 0 amide bonds. The molecule has 0 heterocycles. The van der Waals surface area contributed by atoms with Crippen molar-refractivity contribution in [1.29, 1.82) is 0 Å². The van der Waals surface area contributed by atoms with Crippen LogP contribution in [-0.2, 0) is 13.6 Å². The van der Waals surface area contributed by atoms with E-state index in [1.807, 2.05) is 0 Å². The van der Waals surface area contributed by atoms with E-state index in [1.165, 1.54) is 64.2 Å². The van der Waals surface area contributed by atoms with Crippen LogP contribution < -0.4 is 0 Å². The molecule has 0 saturated heterocycles. The van der Waals surface area contributed by atoms with Gasteiger partial charge in [-0.2, -0.15) is 0 Å². The van der Waals surface area contributed by atoms with Gasteiger partial charge < -0.3 is 0 Å². The molecule has 0 rings (SSSR count). The van der Waals surface area contributed by atoms with Gasteiger partial charge >= 0.3 is 8.25 Å². The summed E-state index contributed by atoms with van der Waals surface area (Å²) in [6.45, 7) is 14.4. The molecule has 28 heavy (non-hydrogen) atoms. The Kier molecular flexibility index (Phi) is 27.0. The van der Waals surface area contributed by atoms with Gasteiger partial charge in [-0.3, -0.25) is 0 Å². The monoisotopic (exact) mass is 419 g/mol. The highest BCUT2D eigenvalue weighted by Crippen LogP contribution is 2.28. The molecule has 0 aliphatic carbocycles. The molecule has 0 fully saturated rings. The molecule has 0 aliphatic heterocycles. The number of rotatable bonds is 19. The summed E-state index contributed by atoms with van der Waals surface area (Å²) in [7, 11) is -1.94. The highest BCUT2D eigenvalue weighted by Gasteiger charge is 2.24. The smallest absolute Gasteiger partial charge is 0.119 e. The number of unbranched alkanes of at least 4 members (excludes halogenated alkanes) is 7. The standard InChI is InChI=1S/C16H34O3P.C8H18/c1-5-9-11-15(7-3)13-18-20(17)19-14-16(8-4)12-10-6-2;1-3-5-7-8-6-4-2/h15-16H,5-14H2,1-4H3;3-8H2,1-2H3/q+1;. The summed E-state index contributed by atoms with van der Waals surface area (Å²) in [5.41, 5.74) is 0. The van der Waals surface area contributed by atoms with E-state index in [1.54, 1.807) is 0 Å². The van der Waals surface area contributed by atoms with Gasteiger partial charge in [-0.05, 0) is 24.7 Å². The number of hydrogen-bond donors (Lipinski definition) is 0. The quantitative estimate of drug-likeness (QED) is 0.154. The van der Waals surface area contributed by atoms with E-state index in [2.05, 4.69) is 41.5 Å². The van der Waals surface area contributed by atoms with Crippen molar-refractivity contribution in [1.82, 2.24) is 0 Å². The van der Waals surface area contributed by atoms with Crippen LogP contribution in [0, 0.1) is 11.8 Å². The predicted molar refractivity (Wildman–Crippen MR) is 125 cm³/mol. The Bertz CT molecular complexity index is 282. The van der Waals surface area contributed by atoms with Gasteiger partial charge in [0.2, 0.25) is 0 Å². The molecule has 2 unspecified atom stereocenters. The van der Waals surface area contributed by atoms with E-state index in [-0.39, 0.29) is 0 Å². The molecule has 0 N–H and O–H groups in total. The van der Waals surface area contributed by atoms with E-state index < -0.39 is 8.25 Å². The fourth-order valence-corrected chi connectivity index (χ4v) is 3.76. The van der Waals surface area contributed by atoms with Gasteiger partial charge in [0, 0.05) is 4.57 Å². The van der Waals surface area contributed by atoms with Crippen molar-refractivity contribution < 1.29 is 13.6 Å². The van der Waals surface area contributed by atoms with Crippen LogP contribution in [0.1, 0.15) is 131 Å². The van der Waals surface area contributed by atoms with E-state index in [4.69, 9.17) is 9.05 Å². The third-order valence-electron chi connectivity index (χ3n) is 5.37. The average Bonchev–Trinajstić information content (AvgIpc) is 2.72. The predicted octanol–water partition coefficient (Wildman–Crippen LogP) is 9.48. The molecule has 3 nitrogen and oxygen atoms in total. The second-order valence-corrected chi connectivity index (χ2v) is 9.03. The minimum atomic E-state index is -1.94. The van der Waals surface area contributed by atoms with Crippen LogP contribution in [0.2, 0.25) is 0 Å². The van der Waals surface area contributed by atoms with Crippen molar-refractivity contribution >= 4 is 8.25 Å². The van der Waals surface area contributed by atoms with E-state index in [0.29, 0.717) is 25.0 Å². The maximum atomic E-state index is 11.7. The zero-order valence-corrected chi connectivity index (χ0v) is 21.0. The average molecular weight is 420 g/mol. The molecule has 0 bridgehead atoms. The first-order valence-electron chi connectivity index (χ1n) is 12.3. The zero-order valence-electron chi connectivity index (χ0n) is 20.1. The first-order chi connectivity index (χ1) is 13.6. The maximum Gasteiger partial charge on any atom is 0.697 e. The van der Waals surface area contributed by atoms with Gasteiger partial charge in [-0.1, -0.05) is 119 Å². The summed E-state index contributed by atoms with van der Waals surface area (Å²) < 4.78 is 22.5. The molecule has 4 heteroatoms. The van der Waals surface area contributed by atoms with Crippen LogP contribution in [0.3, 0.4) is 0 Å². The van der Waals surface area contributed by atoms with Crippen molar-refractivity contribution in [2.24, 2.45) is 11.8 Å². The zero-order chi connectivity index (χ0) is 21.5. The molecule has 0 spiro atoms. The Balaban J connectivity index is 0. The summed E-state index contributed by atoms with van der Waals surface area (Å²) in [5.74, 6) is 1.03. The highest BCUT2D eigenvalue weighted by molar-refractivity contribution is 7.33. The van der Waals surface area contributed by atoms with Gasteiger partial charge in [0.05, 0.1) is 0 Å². The Hall–Kier alpha value is 0.0200. The van der Waals surface area contributed by atoms with Crippen LogP contribution in [-0.4, -0.2) is 13.2 Å². The molecule has 2 atom stereocenters. The fraction of sp³-hybridized carbons (Fsp3) is 1.00. The SMILES string of the molecule is CCCCC(CC)CO[P+](=O)OCC(CC)CCCC.CCCCCCCC. The summed E-state index contributed by atoms with van der Waals surface area (Å²) in [5, 5.41) is 0. The molecule has 0 aromatic rings. The first-order valence-corrected chi connectivity index (χ1v) is 13.4. The van der Waals surface area contributed by atoms with Crippen LogP contribution >= 0.6 is 8.25 Å². The largest absolute Gasteiger partial charge is 0.697 e. The van der Waals surface area contributed by atoms with Gasteiger partial charge in [0.25, 0.3) is 0 Å². The van der Waals surface area contributed by atoms with Gasteiger partial charge in [0.1, 0.15) is 13.2 Å². The van der Waals surface area contributed by atoms with Crippen LogP contribution in [0.25, 0.3) is 0 Å². The Morgan fingerprint density at radius 3 is 1.21 bits per heavy atom. The highest BCUT2D eigenvalue weighted by atomic mass is 31.1. The normalized spacial score (nSPS) is 13.6. The maximum absolute atomic E-state index is 11.7. The Morgan fingerprint density at radius 2 is 0.929 bits per heavy atom. The van der Waals surface area contributed by atoms with Gasteiger partial charge in [-0.15, -0.1) is 9.05 Å². The van der Waals surface area contributed by atoms with Crippen molar-refractivity contribution in [2.75, 3.05) is 13.2 Å². The summed E-state index contributed by atoms with van der Waals surface area (Å²) >= 11 is 0. The van der Waals surface area contributed by atoms with E-state index >= 15 is 0 Å². The van der Waals surface area contributed by atoms with E-state index in [0.717, 1.165) is 25.7 Å². The third-order valence-corrected chi connectivity index (χ3v) is 6.09. The first kappa shape index (κ1) is 30.2. The van der Waals surface area contributed by atoms with Crippen molar-refractivity contribution in [3.63, 3.8) is 0 Å². The lowest BCUT2D eigenvalue weighted by molar-refractivity contribution is 0.167. The second kappa shape index (κ2) is 25.1. The minimum absolute atomic E-state index is 0.513. The fourth-order valence-electron chi connectivity index (χ4n) is 3.02. The van der Waals surface area contributed by atoms with Crippen LogP contribution in [0.4, 0.5) is 0 Å². The van der Waals surface area contributed by atoms with Crippen LogP contribution in [0.5, 0.6) is 0 Å². The van der Waals surface area contributed by atoms with Crippen molar-refractivity contribution in [3.05, 3.63) is 0 Å². The molecule has 0 aromatic heterocycles. The molecule has 0 aliphatic rings. The minimum Gasteiger partial charge on any atom is -0.119 e. The third kappa shape index (κ3) is 22.3. The molecular formula is C24H52O3P+. The summed E-state index contributed by atoms with van der Waals surface area (Å²) in [4.78, 5) is 0. The Labute approximate surface area is 178 Å². The number of hydrogen-bond acceptors (Lipinski definition) is 3. The molecule has 170 valence electrons. The van der Waals surface area contributed by atoms with Gasteiger partial charge in [0.15, 0.2) is 0 Å². The lowest BCUT2D eigenvalue weighted by atomic mass is 10.0. The van der Waals surface area contributed by atoms with Gasteiger partial charge in [-0.25, -0.2) is 0 Å². The molecule has 0 saturated carbocycles. The summed E-state index contributed by atoms with van der Waals surface area (Å²) in [6.07, 6.45) is 17.8. The van der Waals surface area contributed by atoms with Crippen molar-refractivity contribution in [2.45, 2.75) is 131 Å².